The molecule has 4 rings (SSSR count). The maximum atomic E-state index is 13.3. The van der Waals surface area contributed by atoms with Crippen molar-refractivity contribution in [2.45, 2.75) is 32.5 Å². The number of halogens is 1. The lowest BCUT2D eigenvalue weighted by atomic mass is 10.1. The van der Waals surface area contributed by atoms with E-state index in [0.29, 0.717) is 49.5 Å². The van der Waals surface area contributed by atoms with Gasteiger partial charge in [0.15, 0.2) is 0 Å². The molecule has 0 bridgehead atoms. The second-order valence-corrected chi connectivity index (χ2v) is 8.43. The van der Waals surface area contributed by atoms with Gasteiger partial charge in [-0.2, -0.15) is 0 Å². The summed E-state index contributed by atoms with van der Waals surface area (Å²) in [6, 6.07) is 20.1. The third-order valence-corrected chi connectivity index (χ3v) is 5.78. The van der Waals surface area contributed by atoms with Crippen molar-refractivity contribution in [1.82, 2.24) is 4.90 Å². The summed E-state index contributed by atoms with van der Waals surface area (Å²) in [6.07, 6.45) is 1.41. The van der Waals surface area contributed by atoms with Gasteiger partial charge in [-0.25, -0.2) is 14.0 Å². The average Bonchev–Trinajstić information content (AvgIpc) is 2.89. The molecule has 0 spiro atoms. The van der Waals surface area contributed by atoms with Crippen LogP contribution in [0.1, 0.15) is 35.7 Å². The lowest BCUT2D eigenvalue weighted by molar-refractivity contribution is 0.0526. The second kappa shape index (κ2) is 12.1. The van der Waals surface area contributed by atoms with Crippen molar-refractivity contribution in [2.75, 3.05) is 25.0 Å². The maximum absolute atomic E-state index is 13.3. The summed E-state index contributed by atoms with van der Waals surface area (Å²) >= 11 is 0. The lowest BCUT2D eigenvalue weighted by Crippen LogP contribution is -2.43. The summed E-state index contributed by atoms with van der Waals surface area (Å²) in [5.74, 6) is 0.696. The fourth-order valence-electron chi connectivity index (χ4n) is 3.92. The van der Waals surface area contributed by atoms with Gasteiger partial charge in [0.1, 0.15) is 30.0 Å². The van der Waals surface area contributed by atoms with Gasteiger partial charge in [0.05, 0.1) is 12.2 Å². The number of nitrogens with one attached hydrogen (secondary N) is 1. The van der Waals surface area contributed by atoms with Crippen molar-refractivity contribution < 1.29 is 28.2 Å². The van der Waals surface area contributed by atoms with E-state index >= 15 is 0 Å². The molecular weight excluding hydrogens is 463 g/mol. The Balaban J connectivity index is 1.22. The average molecular weight is 493 g/mol. The number of likely N-dealkylation sites (tertiary alicyclic amines) is 1. The highest BCUT2D eigenvalue weighted by molar-refractivity contribution is 5.94. The summed E-state index contributed by atoms with van der Waals surface area (Å²) in [6.45, 7) is 3.44. The Labute approximate surface area is 209 Å². The zero-order valence-electron chi connectivity index (χ0n) is 20.1. The van der Waals surface area contributed by atoms with Crippen molar-refractivity contribution >= 4 is 17.7 Å². The fourth-order valence-corrected chi connectivity index (χ4v) is 3.92. The van der Waals surface area contributed by atoms with Crippen molar-refractivity contribution in [1.29, 1.82) is 0 Å². The summed E-state index contributed by atoms with van der Waals surface area (Å²) in [4.78, 5) is 26.3. The quantitative estimate of drug-likeness (QED) is 0.411. The third kappa shape index (κ3) is 6.97. The normalized spacial score (nSPS) is 13.7. The largest absolute Gasteiger partial charge is 0.490 e. The molecule has 188 valence electrons. The number of piperidine rings is 1. The van der Waals surface area contributed by atoms with E-state index in [0.717, 1.165) is 11.3 Å². The highest BCUT2D eigenvalue weighted by Crippen LogP contribution is 2.23. The number of amides is 2. The number of hydrogen-bond donors (Lipinski definition) is 1. The Morgan fingerprint density at radius 1 is 0.972 bits per heavy atom. The number of urea groups is 1. The van der Waals surface area contributed by atoms with E-state index in [4.69, 9.17) is 14.2 Å². The maximum Gasteiger partial charge on any atom is 0.338 e. The Kier molecular flexibility index (Phi) is 8.39. The van der Waals surface area contributed by atoms with E-state index in [2.05, 4.69) is 5.32 Å². The molecule has 3 aromatic carbocycles. The minimum Gasteiger partial charge on any atom is -0.490 e. The Hall–Kier alpha value is -4.07. The monoisotopic (exact) mass is 492 g/mol. The van der Waals surface area contributed by atoms with Gasteiger partial charge in [-0.1, -0.05) is 18.2 Å². The number of carbonyl (C=O) groups excluding carboxylic acids is 2. The van der Waals surface area contributed by atoms with Crippen LogP contribution in [-0.2, 0) is 11.3 Å². The van der Waals surface area contributed by atoms with Crippen LogP contribution in [0.15, 0.2) is 72.8 Å². The zero-order valence-corrected chi connectivity index (χ0v) is 20.1. The predicted octanol–water partition coefficient (Wildman–Crippen LogP) is 5.66. The number of anilines is 1. The van der Waals surface area contributed by atoms with E-state index in [1.165, 1.54) is 12.1 Å². The number of carbonyl (C=O) groups is 2. The highest BCUT2D eigenvalue weighted by atomic mass is 19.1. The van der Waals surface area contributed by atoms with Crippen molar-refractivity contribution in [2.24, 2.45) is 0 Å². The molecule has 7 nitrogen and oxygen atoms in total. The summed E-state index contributed by atoms with van der Waals surface area (Å²) in [5, 5.41) is 2.85. The SMILES string of the molecule is CCOC(=O)c1cccc(NC(=O)N2CCC(Oc3ccc(OCc4cccc(F)c4)cc3)CC2)c1. The van der Waals surface area contributed by atoms with Crippen LogP contribution in [0, 0.1) is 5.82 Å². The van der Waals surface area contributed by atoms with Crippen LogP contribution >= 0.6 is 0 Å². The Morgan fingerprint density at radius 2 is 1.69 bits per heavy atom. The zero-order chi connectivity index (χ0) is 25.3. The fraction of sp³-hybridized carbons (Fsp3) is 0.286. The number of benzene rings is 3. The molecule has 1 saturated heterocycles. The highest BCUT2D eigenvalue weighted by Gasteiger charge is 2.24. The molecule has 1 aliphatic rings. The van der Waals surface area contributed by atoms with Gasteiger partial charge in [0.2, 0.25) is 0 Å². The molecule has 0 aliphatic carbocycles. The van der Waals surface area contributed by atoms with Crippen LogP contribution in [0.2, 0.25) is 0 Å². The first-order valence-corrected chi connectivity index (χ1v) is 12.0. The molecule has 0 atom stereocenters. The van der Waals surface area contributed by atoms with E-state index in [1.807, 2.05) is 30.3 Å². The molecule has 0 radical (unpaired) electrons. The van der Waals surface area contributed by atoms with Crippen LogP contribution in [0.3, 0.4) is 0 Å². The molecule has 0 aromatic heterocycles. The van der Waals surface area contributed by atoms with Gasteiger partial charge < -0.3 is 24.4 Å². The van der Waals surface area contributed by atoms with E-state index < -0.39 is 5.97 Å². The first-order valence-electron chi connectivity index (χ1n) is 12.0. The number of esters is 1. The molecule has 0 unspecified atom stereocenters. The predicted molar refractivity (Wildman–Crippen MR) is 134 cm³/mol. The van der Waals surface area contributed by atoms with Crippen LogP contribution in [-0.4, -0.2) is 42.7 Å². The second-order valence-electron chi connectivity index (χ2n) is 8.43. The molecule has 1 fully saturated rings. The van der Waals surface area contributed by atoms with Gasteiger partial charge in [0, 0.05) is 31.6 Å². The molecule has 8 heteroatoms. The first-order chi connectivity index (χ1) is 17.5. The smallest absolute Gasteiger partial charge is 0.338 e. The molecule has 1 aliphatic heterocycles. The van der Waals surface area contributed by atoms with Gasteiger partial charge in [0.25, 0.3) is 0 Å². The van der Waals surface area contributed by atoms with Gasteiger partial charge in [-0.3, -0.25) is 0 Å². The molecule has 36 heavy (non-hydrogen) atoms. The van der Waals surface area contributed by atoms with Gasteiger partial charge in [-0.15, -0.1) is 0 Å². The molecule has 2 amide bonds. The van der Waals surface area contributed by atoms with Crippen molar-refractivity contribution in [3.8, 4) is 11.5 Å². The third-order valence-electron chi connectivity index (χ3n) is 5.78. The molecule has 1 N–H and O–H groups in total. The minimum atomic E-state index is -0.419. The Bertz CT molecular complexity index is 1180. The number of rotatable bonds is 8. The lowest BCUT2D eigenvalue weighted by Gasteiger charge is -2.32. The van der Waals surface area contributed by atoms with E-state index in [9.17, 15) is 14.0 Å². The van der Waals surface area contributed by atoms with Gasteiger partial charge in [-0.05, 0) is 67.1 Å². The summed E-state index contributed by atoms with van der Waals surface area (Å²) < 4.78 is 30.1. The van der Waals surface area contributed by atoms with Crippen molar-refractivity contribution in [3.05, 3.63) is 89.7 Å². The number of ether oxygens (including phenoxy) is 3. The topological polar surface area (TPSA) is 77.1 Å². The Morgan fingerprint density at radius 3 is 2.42 bits per heavy atom. The summed E-state index contributed by atoms with van der Waals surface area (Å²) in [7, 11) is 0. The molecule has 1 heterocycles. The summed E-state index contributed by atoms with van der Waals surface area (Å²) in [5.41, 5.74) is 1.70. The van der Waals surface area contributed by atoms with Crippen LogP contribution in [0.4, 0.5) is 14.9 Å². The minimum absolute atomic E-state index is 0.000236. The number of hydrogen-bond acceptors (Lipinski definition) is 5. The van der Waals surface area contributed by atoms with Crippen LogP contribution in [0.5, 0.6) is 11.5 Å². The molecular formula is C28H29FN2O5. The van der Waals surface area contributed by atoms with Gasteiger partial charge >= 0.3 is 12.0 Å². The van der Waals surface area contributed by atoms with Crippen LogP contribution in [0.25, 0.3) is 0 Å². The first kappa shape index (κ1) is 25.0. The number of nitrogens with zero attached hydrogens (tertiary/aromatic N) is 1. The standard InChI is InChI=1S/C28H29FN2O5/c1-2-34-27(32)21-6-4-8-23(18-21)30-28(33)31-15-13-26(14-16-31)36-25-11-9-24(10-12-25)35-19-20-5-3-7-22(29)17-20/h3-12,17-18,26H,2,13-16,19H2,1H3,(H,30,33). The molecule has 3 aromatic rings. The van der Waals surface area contributed by atoms with E-state index in [1.54, 1.807) is 42.2 Å². The molecule has 0 saturated carbocycles. The van der Waals surface area contributed by atoms with Crippen LogP contribution < -0.4 is 14.8 Å². The van der Waals surface area contributed by atoms with E-state index in [-0.39, 0.29) is 24.6 Å². The van der Waals surface area contributed by atoms with Crippen molar-refractivity contribution in [3.63, 3.8) is 0 Å².